The molecule has 0 radical (unpaired) electrons. The number of benzene rings is 3. The second-order valence-corrected chi connectivity index (χ2v) is 26.0. The third-order valence-corrected chi connectivity index (χ3v) is 20.0. The van der Waals surface area contributed by atoms with Gasteiger partial charge in [-0.1, -0.05) is 42.5 Å². The fraction of sp³-hybridized carbons (Fsp3) is 0.543. The zero-order chi connectivity index (χ0) is 64.8. The van der Waals surface area contributed by atoms with Gasteiger partial charge < -0.3 is 53.4 Å². The number of ether oxygens (including phenoxy) is 3. The van der Waals surface area contributed by atoms with Crippen LogP contribution in [0.1, 0.15) is 96.1 Å². The van der Waals surface area contributed by atoms with Gasteiger partial charge in [0.15, 0.2) is 0 Å². The lowest BCUT2D eigenvalue weighted by Crippen LogP contribution is -2.55. The minimum Gasteiger partial charge on any atom is -0.462 e. The molecule has 23 heteroatoms. The first-order valence-corrected chi connectivity index (χ1v) is 33.3. The Kier molecular flexibility index (Phi) is 20.3. The molecule has 0 bridgehead atoms. The topological polar surface area (TPSA) is 190 Å². The number of carbonyl (C=O) groups excluding carboxylic acids is 2. The lowest BCUT2D eigenvalue weighted by atomic mass is 9.97. The Morgan fingerprint density at radius 2 is 1.17 bits per heavy atom. The lowest BCUT2D eigenvalue weighted by Gasteiger charge is -2.41. The van der Waals surface area contributed by atoms with Crippen LogP contribution in [0, 0.1) is 36.5 Å². The number of anilines is 4. The number of amides is 2. The first-order chi connectivity index (χ1) is 45.1. The van der Waals surface area contributed by atoms with Crippen molar-refractivity contribution in [3.63, 3.8) is 0 Å². The predicted molar refractivity (Wildman–Crippen MR) is 351 cm³/mol. The summed E-state index contributed by atoms with van der Waals surface area (Å²) in [6.07, 6.45) is 9.54. The van der Waals surface area contributed by atoms with Gasteiger partial charge in [-0.25, -0.2) is 0 Å². The van der Waals surface area contributed by atoms with E-state index >= 15 is 0 Å². The molecule has 0 spiro atoms. The van der Waals surface area contributed by atoms with Crippen molar-refractivity contribution in [3.8, 4) is 24.2 Å². The van der Waals surface area contributed by atoms with Crippen molar-refractivity contribution in [3.05, 3.63) is 112 Å². The van der Waals surface area contributed by atoms with Crippen LogP contribution in [0.5, 0.6) is 12.0 Å². The van der Waals surface area contributed by atoms with Crippen molar-refractivity contribution in [1.82, 2.24) is 44.4 Å². The number of rotatable bonds is 17. The molecule has 5 aromatic rings. The predicted octanol–water partition coefficient (Wildman–Crippen LogP) is 8.37. The number of piperazine rings is 2. The zero-order valence-corrected chi connectivity index (χ0v) is 54.1. The van der Waals surface area contributed by atoms with Crippen molar-refractivity contribution in [1.29, 1.82) is 10.5 Å². The van der Waals surface area contributed by atoms with Crippen molar-refractivity contribution < 1.29 is 37.0 Å². The number of nitrogens with zero attached hydrogens (tertiary/aromatic N) is 15. The largest absolute Gasteiger partial charge is 0.462 e. The number of hydrogen-bond donors (Lipinski definition) is 0. The molecule has 93 heavy (non-hydrogen) atoms. The van der Waals surface area contributed by atoms with Crippen LogP contribution < -0.4 is 29.1 Å². The summed E-state index contributed by atoms with van der Waals surface area (Å²) < 4.78 is 62.5. The molecule has 0 saturated carbocycles. The second kappa shape index (κ2) is 29.0. The number of likely N-dealkylation sites (N-methyl/N-ethyl adjacent to an activating group) is 2. The first-order valence-electron chi connectivity index (χ1n) is 33.3. The fourth-order valence-corrected chi connectivity index (χ4v) is 14.9. The molecular weight excluding hydrogens is 1190 g/mol. The van der Waals surface area contributed by atoms with Gasteiger partial charge in [0.25, 0.3) is 0 Å². The van der Waals surface area contributed by atoms with E-state index < -0.39 is 17.8 Å². The van der Waals surface area contributed by atoms with E-state index in [1.165, 1.54) is 19.1 Å². The van der Waals surface area contributed by atoms with Gasteiger partial charge in [-0.15, -0.1) is 0 Å². The molecule has 7 aliphatic heterocycles. The number of aryl methyl sites for hydroxylation is 2. The molecule has 2 amide bonds. The van der Waals surface area contributed by atoms with Crippen LogP contribution in [-0.4, -0.2) is 206 Å². The molecule has 5 fully saturated rings. The minimum absolute atomic E-state index is 0.0727. The summed E-state index contributed by atoms with van der Waals surface area (Å²) in [6.45, 7) is 14.2. The molecular formula is C70H86F3N15O5. The minimum atomic E-state index is -4.55. The molecule has 7 aliphatic rings. The average Bonchev–Trinajstić information content (AvgIpc) is 1.80. The van der Waals surface area contributed by atoms with Crippen molar-refractivity contribution in [2.24, 2.45) is 0 Å². The number of morpholine rings is 1. The summed E-state index contributed by atoms with van der Waals surface area (Å²) in [5, 5.41) is 22.4. The van der Waals surface area contributed by atoms with Crippen molar-refractivity contribution in [2.45, 2.75) is 121 Å². The number of carbonyl (C=O) groups is 2. The molecule has 9 heterocycles. The molecule has 20 nitrogen and oxygen atoms in total. The third-order valence-electron chi connectivity index (χ3n) is 20.0. The molecule has 0 N–H and O–H groups in total. The summed E-state index contributed by atoms with van der Waals surface area (Å²) >= 11 is 0. The molecule has 3 aromatic carbocycles. The summed E-state index contributed by atoms with van der Waals surface area (Å²) in [5.74, 6) is 1.11. The smallest absolute Gasteiger partial charge is 0.418 e. The van der Waals surface area contributed by atoms with Crippen LogP contribution >= 0.6 is 0 Å². The average molecular weight is 1270 g/mol. The Hall–Kier alpha value is -8.09. The number of nitriles is 2. The molecule has 492 valence electrons. The Bertz CT molecular complexity index is 3680. The van der Waals surface area contributed by atoms with E-state index in [0.717, 1.165) is 121 Å². The van der Waals surface area contributed by atoms with Crippen LogP contribution in [0.2, 0.25) is 0 Å². The Balaban J connectivity index is 0.784. The van der Waals surface area contributed by atoms with Crippen molar-refractivity contribution >= 4 is 51.7 Å². The van der Waals surface area contributed by atoms with Crippen LogP contribution in [0.25, 0.3) is 16.8 Å². The van der Waals surface area contributed by atoms with Crippen LogP contribution in [0.3, 0.4) is 0 Å². The third kappa shape index (κ3) is 14.7. The highest BCUT2D eigenvalue weighted by atomic mass is 19.4. The Labute approximate surface area is 543 Å². The number of aromatic nitrogens is 4. The highest BCUT2D eigenvalue weighted by molar-refractivity contribution is 6.03. The van der Waals surface area contributed by atoms with E-state index in [4.69, 9.17) is 34.1 Å². The molecule has 4 atom stereocenters. The molecule has 0 aliphatic carbocycles. The van der Waals surface area contributed by atoms with Crippen LogP contribution in [0.15, 0.2) is 66.8 Å². The molecule has 5 saturated heterocycles. The van der Waals surface area contributed by atoms with E-state index in [1.54, 1.807) is 28.0 Å². The van der Waals surface area contributed by atoms with E-state index in [2.05, 4.69) is 86.8 Å². The normalized spacial score (nSPS) is 22.1. The maximum Gasteiger partial charge on any atom is 0.418 e. The quantitative estimate of drug-likeness (QED) is 0.0806. The summed E-state index contributed by atoms with van der Waals surface area (Å²) in [5.41, 5.74) is 5.97. The SMILES string of the molecule is Cc1cccc(N2CCCc3c(nc(OC[C@@H]4CCCN4C)nc3N3CCN(C(=O)/C=C/c4ccc(N5CCCc6c(nc(OC[C@@H]7CCCN7C)nc6N6CCN(C(=O)/C=C/CN7CCOCC7)C(CC#N)C6)C5)c5c(C)cccc45)[C@@H](CC#N)C3)C2)c1C(F)(F)F. The van der Waals surface area contributed by atoms with Gasteiger partial charge in [-0.05, 0) is 133 Å². The standard InChI is InChI=1S/C70H86F3N15O5/c1-48-12-5-16-55-50(22-24-63(90)88-37-35-86(43-52(88)26-28-75)67-57-18-10-33-84(61-19-6-13-49(2)65(61)70(71,72)73)45-59(57)77-69(79-67)93-47-54-15-8-30-81(54)4)21-23-60(64(48)55)83-32-9-17-56-58(44-83)76-68(92-46-53-14-7-29-80(53)3)78-66(56)85-34-36-87(51(42-85)25-27-74)62(89)20-11-31-82-38-40-91-41-39-82/h5-6,11-13,16,19-24,51-54H,7-10,14-15,17-18,25-26,29-47H2,1-4H3/b20-11+,24-22+/t51?,52-,53-,54-/m0/s1. The van der Waals surface area contributed by atoms with Gasteiger partial charge >= 0.3 is 18.2 Å². The number of halogens is 3. The number of alkyl halides is 3. The van der Waals surface area contributed by atoms with Crippen LogP contribution in [0.4, 0.5) is 36.2 Å². The number of hydrogen-bond acceptors (Lipinski definition) is 18. The number of likely N-dealkylation sites (tertiary alicyclic amines) is 2. The van der Waals surface area contributed by atoms with Gasteiger partial charge in [0, 0.05) is 124 Å². The Morgan fingerprint density at radius 3 is 1.72 bits per heavy atom. The maximum atomic E-state index is 14.7. The molecule has 1 unspecified atom stereocenters. The monoisotopic (exact) mass is 1270 g/mol. The second-order valence-electron chi connectivity index (χ2n) is 26.0. The summed E-state index contributed by atoms with van der Waals surface area (Å²) in [4.78, 5) is 67.7. The van der Waals surface area contributed by atoms with E-state index in [1.807, 2.05) is 23.1 Å². The van der Waals surface area contributed by atoms with Gasteiger partial charge in [-0.3, -0.25) is 14.5 Å². The van der Waals surface area contributed by atoms with Crippen molar-refractivity contribution in [2.75, 3.05) is 145 Å². The lowest BCUT2D eigenvalue weighted by molar-refractivity contribution is -0.137. The van der Waals surface area contributed by atoms with E-state index in [0.29, 0.717) is 116 Å². The zero-order valence-electron chi connectivity index (χ0n) is 54.1. The Morgan fingerprint density at radius 1 is 0.624 bits per heavy atom. The molecule has 12 rings (SSSR count). The first kappa shape index (κ1) is 65.0. The maximum absolute atomic E-state index is 14.7. The number of fused-ring (bicyclic) bond motifs is 3. The van der Waals surface area contributed by atoms with Gasteiger partial charge in [-0.2, -0.15) is 43.6 Å². The summed E-state index contributed by atoms with van der Waals surface area (Å²) in [6, 6.07) is 19.9. The molecule has 2 aromatic heterocycles. The highest BCUT2D eigenvalue weighted by Gasteiger charge is 2.39. The van der Waals surface area contributed by atoms with Crippen LogP contribution in [-0.2, 0) is 46.4 Å². The van der Waals surface area contributed by atoms with E-state index in [9.17, 15) is 33.3 Å². The fourth-order valence-electron chi connectivity index (χ4n) is 14.9. The van der Waals surface area contributed by atoms with Gasteiger partial charge in [0.2, 0.25) is 11.8 Å². The van der Waals surface area contributed by atoms with Gasteiger partial charge in [0.1, 0.15) is 24.8 Å². The van der Waals surface area contributed by atoms with Gasteiger partial charge in [0.05, 0.1) is 80.3 Å². The van der Waals surface area contributed by atoms with E-state index in [-0.39, 0.29) is 66.6 Å². The summed E-state index contributed by atoms with van der Waals surface area (Å²) in [7, 11) is 4.19. The highest BCUT2D eigenvalue weighted by Crippen LogP contribution is 2.42.